The number of nitrogens with one attached hydrogen (secondary N) is 1. The monoisotopic (exact) mass is 328 g/mol. The van der Waals surface area contributed by atoms with Crippen LogP contribution >= 0.6 is 11.6 Å². The summed E-state index contributed by atoms with van der Waals surface area (Å²) < 4.78 is 32.3. The number of nitrogens with two attached hydrogens (primary N) is 1. The molecule has 21 heavy (non-hydrogen) atoms. The van der Waals surface area contributed by atoms with Crippen LogP contribution in [0.25, 0.3) is 0 Å². The van der Waals surface area contributed by atoms with Crippen molar-refractivity contribution >= 4 is 27.3 Å². The quantitative estimate of drug-likeness (QED) is 0.822. The van der Waals surface area contributed by atoms with Gasteiger partial charge in [-0.25, -0.2) is 8.42 Å². The van der Waals surface area contributed by atoms with Gasteiger partial charge in [0.15, 0.2) is 0 Å². The molecular weight excluding hydrogens is 312 g/mol. The zero-order valence-electron chi connectivity index (χ0n) is 11.4. The van der Waals surface area contributed by atoms with Crippen LogP contribution in [0.15, 0.2) is 18.2 Å². The van der Waals surface area contributed by atoms with E-state index in [-0.39, 0.29) is 18.4 Å². The highest BCUT2D eigenvalue weighted by Gasteiger charge is 2.23. The summed E-state index contributed by atoms with van der Waals surface area (Å²) in [6, 6.07) is 4.85. The predicted octanol–water partition coefficient (Wildman–Crippen LogP) is 1.57. The van der Waals surface area contributed by atoms with Gasteiger partial charge in [-0.15, -0.1) is 0 Å². The number of halogens is 1. The summed E-state index contributed by atoms with van der Waals surface area (Å²) in [5, 5.41) is 0.433. The van der Waals surface area contributed by atoms with Crippen molar-refractivity contribution in [1.82, 2.24) is 0 Å². The molecule has 3 N–H and O–H groups in total. The smallest absolute Gasteiger partial charge is 0.235 e. The van der Waals surface area contributed by atoms with Gasteiger partial charge in [-0.3, -0.25) is 4.72 Å². The molecule has 0 spiro atoms. The molecular formula is C14H17ClN2O3S. The van der Waals surface area contributed by atoms with E-state index in [9.17, 15) is 8.42 Å². The largest absolute Gasteiger partial charge is 0.377 e. The molecule has 7 heteroatoms. The maximum absolute atomic E-state index is 12.2. The van der Waals surface area contributed by atoms with E-state index in [1.165, 1.54) is 6.07 Å². The maximum Gasteiger partial charge on any atom is 0.235 e. The van der Waals surface area contributed by atoms with E-state index in [1.54, 1.807) is 12.1 Å². The van der Waals surface area contributed by atoms with Crippen LogP contribution in [0, 0.1) is 11.8 Å². The molecule has 0 aliphatic carbocycles. The van der Waals surface area contributed by atoms with Crippen LogP contribution in [0.2, 0.25) is 5.02 Å². The summed E-state index contributed by atoms with van der Waals surface area (Å²) in [5.41, 5.74) is 6.24. The molecule has 1 aliphatic rings. The summed E-state index contributed by atoms with van der Waals surface area (Å²) in [7, 11) is -3.52. The Labute approximate surface area is 129 Å². The first-order valence-corrected chi connectivity index (χ1v) is 8.64. The van der Waals surface area contributed by atoms with Crippen LogP contribution in [-0.2, 0) is 14.8 Å². The molecule has 1 aliphatic heterocycles. The third-order valence-corrected chi connectivity index (χ3v) is 4.58. The fourth-order valence-electron chi connectivity index (χ4n) is 2.09. The molecule has 1 heterocycles. The van der Waals surface area contributed by atoms with Gasteiger partial charge < -0.3 is 10.5 Å². The van der Waals surface area contributed by atoms with E-state index in [4.69, 9.17) is 22.1 Å². The van der Waals surface area contributed by atoms with Gasteiger partial charge in [0.25, 0.3) is 0 Å². The number of sulfonamides is 1. The van der Waals surface area contributed by atoms with Crippen molar-refractivity contribution in [2.75, 3.05) is 23.6 Å². The first-order valence-electron chi connectivity index (χ1n) is 6.61. The topological polar surface area (TPSA) is 81.4 Å². The fraction of sp³-hybridized carbons (Fsp3) is 0.429. The van der Waals surface area contributed by atoms with Crippen molar-refractivity contribution in [2.45, 2.75) is 18.9 Å². The highest BCUT2D eigenvalue weighted by Crippen LogP contribution is 2.22. The van der Waals surface area contributed by atoms with E-state index in [2.05, 4.69) is 16.6 Å². The zero-order chi connectivity index (χ0) is 15.3. The molecule has 0 aromatic heterocycles. The Morgan fingerprint density at radius 3 is 2.95 bits per heavy atom. The van der Waals surface area contributed by atoms with E-state index < -0.39 is 10.0 Å². The zero-order valence-corrected chi connectivity index (χ0v) is 13.0. The van der Waals surface area contributed by atoms with Crippen molar-refractivity contribution < 1.29 is 13.2 Å². The SMILES string of the molecule is NCC#Cc1ccc(Cl)cc1NS(=O)(=O)CC1CCCO1. The van der Waals surface area contributed by atoms with Crippen LogP contribution in [0.5, 0.6) is 0 Å². The lowest BCUT2D eigenvalue weighted by molar-refractivity contribution is 0.127. The molecule has 114 valence electrons. The number of hydrogen-bond donors (Lipinski definition) is 2. The van der Waals surface area contributed by atoms with Crippen molar-refractivity contribution in [3.05, 3.63) is 28.8 Å². The highest BCUT2D eigenvalue weighted by molar-refractivity contribution is 7.92. The third-order valence-electron chi connectivity index (χ3n) is 3.00. The van der Waals surface area contributed by atoms with Crippen LogP contribution in [0.4, 0.5) is 5.69 Å². The van der Waals surface area contributed by atoms with E-state index >= 15 is 0 Å². The second-order valence-corrected chi connectivity index (χ2v) is 6.92. The van der Waals surface area contributed by atoms with Crippen LogP contribution in [-0.4, -0.2) is 33.4 Å². The Hall–Kier alpha value is -1.26. The lowest BCUT2D eigenvalue weighted by atomic mass is 10.2. The van der Waals surface area contributed by atoms with Crippen molar-refractivity contribution in [1.29, 1.82) is 0 Å². The first kappa shape index (κ1) is 16.1. The van der Waals surface area contributed by atoms with Gasteiger partial charge in [0.2, 0.25) is 10.0 Å². The highest BCUT2D eigenvalue weighted by atomic mass is 35.5. The van der Waals surface area contributed by atoms with E-state index in [0.29, 0.717) is 22.9 Å². The second kappa shape index (κ2) is 7.14. The van der Waals surface area contributed by atoms with Gasteiger partial charge in [0, 0.05) is 17.2 Å². The lowest BCUT2D eigenvalue weighted by Crippen LogP contribution is -2.26. The Morgan fingerprint density at radius 2 is 2.29 bits per heavy atom. The lowest BCUT2D eigenvalue weighted by Gasteiger charge is -2.13. The molecule has 0 saturated carbocycles. The molecule has 0 radical (unpaired) electrons. The first-order chi connectivity index (χ1) is 10.00. The maximum atomic E-state index is 12.2. The van der Waals surface area contributed by atoms with Crippen molar-refractivity contribution in [3.8, 4) is 11.8 Å². The molecule has 1 atom stereocenters. The van der Waals surface area contributed by atoms with E-state index in [0.717, 1.165) is 12.8 Å². The van der Waals surface area contributed by atoms with Crippen LogP contribution in [0.3, 0.4) is 0 Å². The molecule has 1 fully saturated rings. The van der Waals surface area contributed by atoms with Crippen LogP contribution < -0.4 is 10.5 Å². The molecule has 1 aromatic rings. The summed E-state index contributed by atoms with van der Waals surface area (Å²) in [4.78, 5) is 0. The van der Waals surface area contributed by atoms with Crippen molar-refractivity contribution in [3.63, 3.8) is 0 Å². The number of rotatable bonds is 4. The minimum atomic E-state index is -3.52. The molecule has 1 saturated heterocycles. The average Bonchev–Trinajstić information content (AvgIpc) is 2.89. The molecule has 5 nitrogen and oxygen atoms in total. The van der Waals surface area contributed by atoms with Gasteiger partial charge in [-0.1, -0.05) is 23.4 Å². The summed E-state index contributed by atoms with van der Waals surface area (Å²) >= 11 is 5.92. The Bertz CT molecular complexity index is 659. The van der Waals surface area contributed by atoms with Gasteiger partial charge >= 0.3 is 0 Å². The molecule has 2 rings (SSSR count). The van der Waals surface area contributed by atoms with Gasteiger partial charge in [-0.05, 0) is 31.0 Å². The summed E-state index contributed by atoms with van der Waals surface area (Å²) in [6.07, 6.45) is 1.40. The Kier molecular flexibility index (Phi) is 5.48. The Morgan fingerprint density at radius 1 is 1.48 bits per heavy atom. The molecule has 0 amide bonds. The van der Waals surface area contributed by atoms with Gasteiger partial charge in [0.1, 0.15) is 0 Å². The summed E-state index contributed by atoms with van der Waals surface area (Å²) in [6.45, 7) is 0.815. The number of anilines is 1. The molecule has 1 aromatic carbocycles. The minimum Gasteiger partial charge on any atom is -0.377 e. The summed E-state index contributed by atoms with van der Waals surface area (Å²) in [5.74, 6) is 5.46. The number of ether oxygens (including phenoxy) is 1. The van der Waals surface area contributed by atoms with Crippen molar-refractivity contribution in [2.24, 2.45) is 5.73 Å². The second-order valence-electron chi connectivity index (χ2n) is 4.71. The third kappa shape index (κ3) is 4.90. The molecule has 1 unspecified atom stereocenters. The fourth-order valence-corrected chi connectivity index (χ4v) is 3.60. The van der Waals surface area contributed by atoms with Crippen LogP contribution in [0.1, 0.15) is 18.4 Å². The number of benzene rings is 1. The molecule has 0 bridgehead atoms. The standard InChI is InChI=1S/C14H17ClN2O3S/c15-12-6-5-11(3-1-7-16)14(9-12)17-21(18,19)10-13-4-2-8-20-13/h5-6,9,13,17H,2,4,7-8,10,16H2. The normalized spacial score (nSPS) is 18.1. The van der Waals surface area contributed by atoms with E-state index in [1.807, 2.05) is 0 Å². The minimum absolute atomic E-state index is 0.0662. The number of hydrogen-bond acceptors (Lipinski definition) is 4. The predicted molar refractivity (Wildman–Crippen MR) is 83.8 cm³/mol. The Balaban J connectivity index is 2.18. The van der Waals surface area contributed by atoms with Gasteiger partial charge in [0.05, 0.1) is 24.1 Å². The van der Waals surface area contributed by atoms with Gasteiger partial charge in [-0.2, -0.15) is 0 Å². The average molecular weight is 329 g/mol.